The van der Waals surface area contributed by atoms with E-state index < -0.39 is 0 Å². The van der Waals surface area contributed by atoms with E-state index in [1.807, 2.05) is 36.4 Å². The molecule has 0 bridgehead atoms. The molecule has 0 amide bonds. The first-order valence-corrected chi connectivity index (χ1v) is 9.52. The third-order valence-electron chi connectivity index (χ3n) is 4.74. The number of nitrogens with one attached hydrogen (secondary N) is 2. The van der Waals surface area contributed by atoms with Crippen LogP contribution in [0, 0.1) is 0 Å². The number of aromatic nitrogens is 1. The van der Waals surface area contributed by atoms with Crippen LogP contribution in [0.4, 0.5) is 0 Å². The smallest absolute Gasteiger partial charge is 0.191 e. The Morgan fingerprint density at radius 3 is 2.86 bits per heavy atom. The minimum atomic E-state index is 0.548. The molecule has 0 saturated heterocycles. The average molecular weight is 376 g/mol. The minimum absolute atomic E-state index is 0.548. The number of benzene rings is 2. The Morgan fingerprint density at radius 2 is 2.00 bits per heavy atom. The largest absolute Gasteiger partial charge is 0.493 e. The number of hydrogen-bond acceptors (Lipinski definition) is 4. The molecule has 0 fully saturated rings. The Hall–Kier alpha value is -3.28. The van der Waals surface area contributed by atoms with Crippen LogP contribution in [-0.4, -0.2) is 31.3 Å². The molecule has 2 N–H and O–H groups in total. The second kappa shape index (κ2) is 8.61. The topological polar surface area (TPSA) is 71.7 Å². The van der Waals surface area contributed by atoms with E-state index in [0.717, 1.165) is 54.7 Å². The van der Waals surface area contributed by atoms with Crippen LogP contribution < -0.4 is 15.4 Å². The van der Waals surface area contributed by atoms with Crippen molar-refractivity contribution < 1.29 is 9.26 Å². The Bertz CT molecular complexity index is 950. The molecule has 144 valence electrons. The highest BCUT2D eigenvalue weighted by Crippen LogP contribution is 2.25. The molecule has 0 unspecified atom stereocenters. The summed E-state index contributed by atoms with van der Waals surface area (Å²) in [5.74, 6) is 2.53. The molecule has 6 nitrogen and oxygen atoms in total. The van der Waals surface area contributed by atoms with Gasteiger partial charge >= 0.3 is 0 Å². The first kappa shape index (κ1) is 18.1. The van der Waals surface area contributed by atoms with Crippen LogP contribution in [0.2, 0.25) is 0 Å². The summed E-state index contributed by atoms with van der Waals surface area (Å²) in [5, 5.41) is 10.7. The summed E-state index contributed by atoms with van der Waals surface area (Å²) < 4.78 is 11.0. The van der Waals surface area contributed by atoms with Gasteiger partial charge in [0, 0.05) is 31.6 Å². The Labute approximate surface area is 164 Å². The van der Waals surface area contributed by atoms with Gasteiger partial charge in [0.1, 0.15) is 11.4 Å². The molecule has 1 aliphatic heterocycles. The van der Waals surface area contributed by atoms with Gasteiger partial charge < -0.3 is 19.9 Å². The van der Waals surface area contributed by atoms with Crippen molar-refractivity contribution >= 4 is 5.96 Å². The summed E-state index contributed by atoms with van der Waals surface area (Å²) >= 11 is 0. The molecular weight excluding hydrogens is 352 g/mol. The Balaban J connectivity index is 1.26. The summed E-state index contributed by atoms with van der Waals surface area (Å²) in [4.78, 5) is 4.27. The van der Waals surface area contributed by atoms with Gasteiger partial charge in [0.05, 0.1) is 13.2 Å². The molecule has 6 heteroatoms. The Kier molecular flexibility index (Phi) is 5.56. The van der Waals surface area contributed by atoms with E-state index in [9.17, 15) is 0 Å². The quantitative estimate of drug-likeness (QED) is 0.511. The van der Waals surface area contributed by atoms with Crippen molar-refractivity contribution in [3.8, 4) is 17.1 Å². The number of ether oxygens (including phenoxy) is 1. The molecule has 3 aromatic rings. The molecule has 2 heterocycles. The predicted octanol–water partition coefficient (Wildman–Crippen LogP) is 3.18. The van der Waals surface area contributed by atoms with Crippen molar-refractivity contribution in [1.29, 1.82) is 0 Å². The molecule has 0 saturated carbocycles. The van der Waals surface area contributed by atoms with Gasteiger partial charge in [-0.3, -0.25) is 4.99 Å². The molecular formula is C22H24N4O2. The van der Waals surface area contributed by atoms with Crippen LogP contribution in [0.15, 0.2) is 64.1 Å². The second-order valence-corrected chi connectivity index (χ2v) is 6.69. The van der Waals surface area contributed by atoms with Gasteiger partial charge in [0.15, 0.2) is 11.7 Å². The highest BCUT2D eigenvalue weighted by Gasteiger charge is 2.12. The molecule has 0 atom stereocenters. The van der Waals surface area contributed by atoms with Crippen molar-refractivity contribution in [2.24, 2.45) is 4.99 Å². The highest BCUT2D eigenvalue weighted by molar-refractivity contribution is 5.79. The zero-order valence-corrected chi connectivity index (χ0v) is 15.9. The molecule has 2 aromatic carbocycles. The minimum Gasteiger partial charge on any atom is -0.493 e. The fraction of sp³-hybridized carbons (Fsp3) is 0.273. The zero-order chi connectivity index (χ0) is 19.2. The van der Waals surface area contributed by atoms with Gasteiger partial charge in [-0.2, -0.15) is 0 Å². The van der Waals surface area contributed by atoms with Gasteiger partial charge in [0.2, 0.25) is 0 Å². The molecule has 0 spiro atoms. The summed E-state index contributed by atoms with van der Waals surface area (Å²) in [6, 6.07) is 18.3. The number of aliphatic imine (C=N–C) groups is 1. The lowest BCUT2D eigenvalue weighted by atomic mass is 10.1. The number of rotatable bonds is 6. The van der Waals surface area contributed by atoms with Crippen molar-refractivity contribution in [3.05, 3.63) is 71.4 Å². The van der Waals surface area contributed by atoms with E-state index in [4.69, 9.17) is 9.26 Å². The molecule has 4 rings (SSSR count). The van der Waals surface area contributed by atoms with Crippen LogP contribution in [0.1, 0.15) is 16.8 Å². The summed E-state index contributed by atoms with van der Waals surface area (Å²) in [5.41, 5.74) is 4.46. The van der Waals surface area contributed by atoms with E-state index in [-0.39, 0.29) is 0 Å². The second-order valence-electron chi connectivity index (χ2n) is 6.69. The average Bonchev–Trinajstić information content (AvgIpc) is 3.40. The third-order valence-corrected chi connectivity index (χ3v) is 4.74. The van der Waals surface area contributed by atoms with E-state index in [2.05, 4.69) is 39.0 Å². The molecule has 28 heavy (non-hydrogen) atoms. The number of fused-ring (bicyclic) bond motifs is 1. The van der Waals surface area contributed by atoms with Crippen molar-refractivity contribution in [2.75, 3.05) is 20.2 Å². The summed E-state index contributed by atoms with van der Waals surface area (Å²) in [6.45, 7) is 2.14. The first-order chi connectivity index (χ1) is 13.8. The number of nitrogens with zero attached hydrogens (tertiary/aromatic N) is 2. The molecule has 1 aliphatic rings. The van der Waals surface area contributed by atoms with Gasteiger partial charge in [-0.15, -0.1) is 0 Å². The van der Waals surface area contributed by atoms with Gasteiger partial charge in [0.25, 0.3) is 0 Å². The lowest BCUT2D eigenvalue weighted by Gasteiger charge is -2.11. The first-order valence-electron chi connectivity index (χ1n) is 9.52. The van der Waals surface area contributed by atoms with Crippen molar-refractivity contribution in [3.63, 3.8) is 0 Å². The predicted molar refractivity (Wildman–Crippen MR) is 109 cm³/mol. The van der Waals surface area contributed by atoms with Gasteiger partial charge in [-0.05, 0) is 23.6 Å². The lowest BCUT2D eigenvalue weighted by molar-refractivity contribution is 0.357. The van der Waals surface area contributed by atoms with E-state index in [1.165, 1.54) is 11.1 Å². The third kappa shape index (κ3) is 4.34. The fourth-order valence-electron chi connectivity index (χ4n) is 3.25. The maximum absolute atomic E-state index is 5.56. The lowest BCUT2D eigenvalue weighted by Crippen LogP contribution is -2.37. The monoisotopic (exact) mass is 376 g/mol. The maximum Gasteiger partial charge on any atom is 0.191 e. The normalized spacial score (nSPS) is 13.1. The molecule has 1 aromatic heterocycles. The van der Waals surface area contributed by atoms with E-state index in [0.29, 0.717) is 6.54 Å². The SMILES string of the molecule is CN=C(NCCc1ccc2c(c1)CCO2)NCc1cc(-c2ccccc2)on1. The van der Waals surface area contributed by atoms with Crippen LogP contribution in [0.3, 0.4) is 0 Å². The highest BCUT2D eigenvalue weighted by atomic mass is 16.5. The Morgan fingerprint density at radius 1 is 1.11 bits per heavy atom. The van der Waals surface area contributed by atoms with Crippen molar-refractivity contribution in [1.82, 2.24) is 15.8 Å². The van der Waals surface area contributed by atoms with Crippen LogP contribution in [-0.2, 0) is 19.4 Å². The van der Waals surface area contributed by atoms with Gasteiger partial charge in [-0.25, -0.2) is 0 Å². The summed E-state index contributed by atoms with van der Waals surface area (Å²) in [7, 11) is 1.76. The zero-order valence-electron chi connectivity index (χ0n) is 15.9. The van der Waals surface area contributed by atoms with Crippen LogP contribution >= 0.6 is 0 Å². The van der Waals surface area contributed by atoms with Gasteiger partial charge in [-0.1, -0.05) is 47.6 Å². The molecule has 0 aliphatic carbocycles. The standard InChI is InChI=1S/C22H24N4O2/c1-23-22(24-11-9-16-7-8-20-18(13-16)10-12-27-20)25-15-19-14-21(28-26-19)17-5-3-2-4-6-17/h2-8,13-14H,9-12,15H2,1H3,(H2,23,24,25). The van der Waals surface area contributed by atoms with Crippen LogP contribution in [0.5, 0.6) is 5.75 Å². The van der Waals surface area contributed by atoms with E-state index in [1.54, 1.807) is 7.05 Å². The number of hydrogen-bond donors (Lipinski definition) is 2. The number of guanidine groups is 1. The summed E-state index contributed by atoms with van der Waals surface area (Å²) in [6.07, 6.45) is 1.93. The fourth-order valence-corrected chi connectivity index (χ4v) is 3.25. The maximum atomic E-state index is 5.56. The van der Waals surface area contributed by atoms with Crippen molar-refractivity contribution in [2.45, 2.75) is 19.4 Å². The molecule has 0 radical (unpaired) electrons. The van der Waals surface area contributed by atoms with E-state index >= 15 is 0 Å². The van der Waals surface area contributed by atoms with Crippen LogP contribution in [0.25, 0.3) is 11.3 Å².